The smallest absolute Gasteiger partial charge is 0.312 e. The second kappa shape index (κ2) is 6.22. The summed E-state index contributed by atoms with van der Waals surface area (Å²) in [5.41, 5.74) is 3.61. The minimum Gasteiger partial charge on any atom is -0.469 e. The normalized spacial score (nSPS) is 36.7. The fourth-order valence-corrected chi connectivity index (χ4v) is 5.46. The van der Waals surface area contributed by atoms with E-state index in [2.05, 4.69) is 6.08 Å². The first-order valence-corrected chi connectivity index (χ1v) is 9.41. The molecule has 3 aliphatic carbocycles. The third-order valence-corrected chi connectivity index (χ3v) is 6.88. The summed E-state index contributed by atoms with van der Waals surface area (Å²) in [5, 5.41) is 10.1. The molecule has 0 aromatic heterocycles. The minimum atomic E-state index is -0.636. The molecule has 0 saturated carbocycles. The van der Waals surface area contributed by atoms with Gasteiger partial charge in [-0.05, 0) is 49.7 Å². The van der Waals surface area contributed by atoms with Crippen molar-refractivity contribution in [1.29, 1.82) is 0 Å². The molecule has 1 N–H and O–H groups in total. The number of rotatable bonds is 2. The van der Waals surface area contributed by atoms with E-state index >= 15 is 0 Å². The van der Waals surface area contributed by atoms with Crippen LogP contribution >= 0.6 is 0 Å². The van der Waals surface area contributed by atoms with Crippen LogP contribution in [0.2, 0.25) is 0 Å². The van der Waals surface area contributed by atoms with Crippen LogP contribution in [0.4, 0.5) is 0 Å². The van der Waals surface area contributed by atoms with Gasteiger partial charge < -0.3 is 19.3 Å². The van der Waals surface area contributed by atoms with E-state index in [1.54, 1.807) is 0 Å². The minimum absolute atomic E-state index is 0.0202. The van der Waals surface area contributed by atoms with Gasteiger partial charge in [0.1, 0.15) is 0 Å². The summed E-state index contributed by atoms with van der Waals surface area (Å²) < 4.78 is 16.9. The fraction of sp³-hybridized carbons (Fsp3) is 0.750. The van der Waals surface area contributed by atoms with Gasteiger partial charge in [0.25, 0.3) is 0 Å². The van der Waals surface area contributed by atoms with Crippen molar-refractivity contribution in [3.8, 4) is 0 Å². The van der Waals surface area contributed by atoms with Gasteiger partial charge in [0.05, 0.1) is 25.7 Å². The van der Waals surface area contributed by atoms with Gasteiger partial charge in [-0.15, -0.1) is 0 Å². The van der Waals surface area contributed by atoms with Gasteiger partial charge in [-0.3, -0.25) is 4.79 Å². The zero-order valence-corrected chi connectivity index (χ0v) is 15.2. The van der Waals surface area contributed by atoms with Crippen molar-refractivity contribution in [2.45, 2.75) is 51.2 Å². The highest BCUT2D eigenvalue weighted by Crippen LogP contribution is 2.54. The summed E-state index contributed by atoms with van der Waals surface area (Å²) in [6.45, 7) is 3.34. The Bertz CT molecular complexity index is 628. The number of hydrogen-bond acceptors (Lipinski definition) is 5. The highest BCUT2D eigenvalue weighted by Gasteiger charge is 2.51. The Morgan fingerprint density at radius 2 is 2.12 bits per heavy atom. The van der Waals surface area contributed by atoms with Gasteiger partial charge in [-0.25, -0.2) is 0 Å². The summed E-state index contributed by atoms with van der Waals surface area (Å²) in [4.78, 5) is 12.4. The molecule has 4 aliphatic rings. The lowest BCUT2D eigenvalue weighted by atomic mass is 9.57. The molecule has 1 fully saturated rings. The summed E-state index contributed by atoms with van der Waals surface area (Å²) in [5.74, 6) is -0.445. The molecule has 1 heterocycles. The average Bonchev–Trinajstić information content (AvgIpc) is 3.08. The van der Waals surface area contributed by atoms with E-state index in [1.165, 1.54) is 23.8 Å². The lowest BCUT2D eigenvalue weighted by Gasteiger charge is -2.48. The van der Waals surface area contributed by atoms with E-state index in [4.69, 9.17) is 14.2 Å². The molecular weight excluding hydrogens is 320 g/mol. The SMILES string of the molecule is COC(=O)[C@@]1(C)CC=C2C3=C(CCC2[C@@H]1CO)CC1(CC3)OCCO1. The number of methoxy groups -OCH3 is 1. The monoisotopic (exact) mass is 348 g/mol. The largest absolute Gasteiger partial charge is 0.469 e. The van der Waals surface area contributed by atoms with Crippen LogP contribution in [0.5, 0.6) is 0 Å². The second-order valence-corrected chi connectivity index (χ2v) is 8.07. The molecule has 4 rings (SSSR count). The van der Waals surface area contributed by atoms with Crippen LogP contribution in [0.3, 0.4) is 0 Å². The number of carbonyl (C=O) groups excluding carboxylic acids is 1. The highest BCUT2D eigenvalue weighted by molar-refractivity contribution is 5.77. The van der Waals surface area contributed by atoms with E-state index in [0.29, 0.717) is 19.6 Å². The lowest BCUT2D eigenvalue weighted by molar-refractivity contribution is -0.164. The quantitative estimate of drug-likeness (QED) is 0.778. The van der Waals surface area contributed by atoms with Crippen molar-refractivity contribution in [1.82, 2.24) is 0 Å². The van der Waals surface area contributed by atoms with Crippen LogP contribution in [0.25, 0.3) is 0 Å². The van der Waals surface area contributed by atoms with Crippen LogP contribution in [-0.2, 0) is 19.0 Å². The van der Waals surface area contributed by atoms with Crippen molar-refractivity contribution in [3.63, 3.8) is 0 Å². The third kappa shape index (κ3) is 2.59. The molecular formula is C20H28O5. The maximum atomic E-state index is 12.4. The Labute approximate surface area is 149 Å². The zero-order chi connectivity index (χ0) is 17.7. The van der Waals surface area contributed by atoms with E-state index in [-0.39, 0.29) is 24.4 Å². The van der Waals surface area contributed by atoms with Gasteiger partial charge in [-0.2, -0.15) is 0 Å². The molecule has 0 bridgehead atoms. The molecule has 1 spiro atoms. The molecule has 0 aromatic carbocycles. The molecule has 25 heavy (non-hydrogen) atoms. The van der Waals surface area contributed by atoms with Crippen LogP contribution in [0.1, 0.15) is 45.4 Å². The number of aliphatic hydroxyl groups is 1. The summed E-state index contributed by atoms with van der Waals surface area (Å²) in [6, 6.07) is 0. The number of ether oxygens (including phenoxy) is 3. The number of esters is 1. The molecule has 1 saturated heterocycles. The summed E-state index contributed by atoms with van der Waals surface area (Å²) in [6.07, 6.45) is 7.56. The Morgan fingerprint density at radius 3 is 2.80 bits per heavy atom. The molecule has 0 aromatic rings. The fourth-order valence-electron chi connectivity index (χ4n) is 5.46. The van der Waals surface area contributed by atoms with Gasteiger partial charge in [0.2, 0.25) is 0 Å². The van der Waals surface area contributed by atoms with Crippen LogP contribution in [0, 0.1) is 17.3 Å². The molecule has 1 aliphatic heterocycles. The van der Waals surface area contributed by atoms with E-state index < -0.39 is 11.2 Å². The maximum absolute atomic E-state index is 12.4. The first kappa shape index (κ1) is 17.3. The third-order valence-electron chi connectivity index (χ3n) is 6.88. The Kier molecular flexibility index (Phi) is 4.29. The van der Waals surface area contributed by atoms with Crippen molar-refractivity contribution < 1.29 is 24.1 Å². The van der Waals surface area contributed by atoms with Crippen molar-refractivity contribution in [2.75, 3.05) is 26.9 Å². The molecule has 0 radical (unpaired) electrons. The molecule has 1 unspecified atom stereocenters. The summed E-state index contributed by atoms with van der Waals surface area (Å²) >= 11 is 0. The molecule has 5 nitrogen and oxygen atoms in total. The summed E-state index contributed by atoms with van der Waals surface area (Å²) in [7, 11) is 1.44. The number of allylic oxidation sites excluding steroid dienone is 3. The van der Waals surface area contributed by atoms with Gasteiger partial charge in [0, 0.05) is 25.4 Å². The maximum Gasteiger partial charge on any atom is 0.312 e. The zero-order valence-electron chi connectivity index (χ0n) is 15.2. The molecule has 138 valence electrons. The molecule has 0 amide bonds. The Balaban J connectivity index is 1.66. The number of fused-ring (bicyclic) bond motifs is 2. The lowest BCUT2D eigenvalue weighted by Crippen LogP contribution is -2.47. The molecule has 5 heteroatoms. The Hall–Kier alpha value is -1.17. The Morgan fingerprint density at radius 1 is 1.36 bits per heavy atom. The number of aliphatic hydroxyl groups excluding tert-OH is 1. The average molecular weight is 348 g/mol. The van der Waals surface area contributed by atoms with Crippen LogP contribution in [-0.4, -0.2) is 43.8 Å². The predicted octanol–water partition coefficient (Wildman–Crippen LogP) is 2.74. The second-order valence-electron chi connectivity index (χ2n) is 8.07. The van der Waals surface area contributed by atoms with E-state index in [1.807, 2.05) is 6.92 Å². The standard InChI is InChI=1S/C20H28O5/c1-19(18(22)23-2)7-5-15-14-6-8-20(24-9-10-25-20)11-13(14)3-4-16(15)17(19)12-21/h5,16-17,21H,3-4,6-12H2,1-2H3/t16?,17-,19-/m0/s1. The first-order chi connectivity index (χ1) is 12.0. The van der Waals surface area contributed by atoms with E-state index in [0.717, 1.165) is 32.1 Å². The van der Waals surface area contributed by atoms with Crippen molar-refractivity contribution in [3.05, 3.63) is 22.8 Å². The first-order valence-electron chi connectivity index (χ1n) is 9.41. The van der Waals surface area contributed by atoms with Crippen LogP contribution in [0.15, 0.2) is 22.8 Å². The van der Waals surface area contributed by atoms with Crippen molar-refractivity contribution in [2.24, 2.45) is 17.3 Å². The number of hydrogen-bond donors (Lipinski definition) is 1. The molecule has 3 atom stereocenters. The van der Waals surface area contributed by atoms with Crippen LogP contribution < -0.4 is 0 Å². The van der Waals surface area contributed by atoms with Gasteiger partial charge in [0.15, 0.2) is 5.79 Å². The predicted molar refractivity (Wildman–Crippen MR) is 91.6 cm³/mol. The number of carbonyl (C=O) groups is 1. The van der Waals surface area contributed by atoms with Crippen molar-refractivity contribution >= 4 is 5.97 Å². The van der Waals surface area contributed by atoms with E-state index in [9.17, 15) is 9.90 Å². The van der Waals surface area contributed by atoms with Gasteiger partial charge in [-0.1, -0.05) is 11.6 Å². The van der Waals surface area contributed by atoms with Gasteiger partial charge >= 0.3 is 5.97 Å². The highest BCUT2D eigenvalue weighted by atomic mass is 16.7. The topological polar surface area (TPSA) is 65.0 Å².